The summed E-state index contributed by atoms with van der Waals surface area (Å²) in [5, 5.41) is 15.5. The van der Waals surface area contributed by atoms with Gasteiger partial charge in [0.1, 0.15) is 27.1 Å². The van der Waals surface area contributed by atoms with Crippen LogP contribution in [0.1, 0.15) is 47.6 Å². The van der Waals surface area contributed by atoms with Crippen LogP contribution in [0.2, 0.25) is 0 Å². The molecule has 1 unspecified atom stereocenters. The molecule has 0 saturated heterocycles. The molecule has 1 heterocycles. The van der Waals surface area contributed by atoms with Gasteiger partial charge in [-0.2, -0.15) is 0 Å². The van der Waals surface area contributed by atoms with Crippen LogP contribution < -0.4 is 21.6 Å². The van der Waals surface area contributed by atoms with E-state index in [1.54, 1.807) is 4.57 Å². The number of para-hydroxylation sites is 2. The zero-order valence-corrected chi connectivity index (χ0v) is 27.5. The quantitative estimate of drug-likeness (QED) is 0.109. The molecule has 4 aromatic carbocycles. The van der Waals surface area contributed by atoms with Gasteiger partial charge < -0.3 is 20.3 Å². The van der Waals surface area contributed by atoms with E-state index in [-0.39, 0.29) is 11.9 Å². The lowest BCUT2D eigenvalue weighted by molar-refractivity contribution is -0.157. The molecule has 0 radical (unpaired) electrons. The van der Waals surface area contributed by atoms with Crippen LogP contribution in [0.4, 0.5) is 5.95 Å². The van der Waals surface area contributed by atoms with Gasteiger partial charge in [0, 0.05) is 0 Å². The maximum absolute atomic E-state index is 14.8. The standard InChI is InChI=1S/C37H40N3O4P/c1-36(2,3)43-33(41)31(40-30-25-17-16-24-29(30)39-35(40)38)32(34(42)44-37(4,5)6)45(26-18-10-7-11-19-26,27-20-12-8-13-21-27)28-22-14-9-15-23-28/h7-25,31H,1-6H3,(H2-,38,39,42)/p+1/b34-32-. The van der Waals surface area contributed by atoms with Crippen molar-refractivity contribution in [2.24, 2.45) is 0 Å². The second-order valence-electron chi connectivity index (χ2n) is 12.8. The van der Waals surface area contributed by atoms with Gasteiger partial charge in [-0.1, -0.05) is 66.7 Å². The van der Waals surface area contributed by atoms with Crippen molar-refractivity contribution in [3.8, 4) is 0 Å². The number of carbonyl (C=O) groups excluding carboxylic acids is 1. The molecule has 1 aromatic heterocycles. The lowest BCUT2D eigenvalue weighted by atomic mass is 10.1. The van der Waals surface area contributed by atoms with Gasteiger partial charge in [0.05, 0.1) is 11.0 Å². The zero-order chi connectivity index (χ0) is 32.4. The Balaban J connectivity index is 2.03. The first-order valence-corrected chi connectivity index (χ1v) is 16.8. The van der Waals surface area contributed by atoms with Crippen LogP contribution in [-0.2, 0) is 14.3 Å². The molecule has 0 amide bonds. The number of anilines is 1. The van der Waals surface area contributed by atoms with E-state index in [2.05, 4.69) is 4.98 Å². The molecule has 0 fully saturated rings. The maximum atomic E-state index is 14.8. The summed E-state index contributed by atoms with van der Waals surface area (Å²) in [5.41, 5.74) is 6.27. The van der Waals surface area contributed by atoms with Crippen molar-refractivity contribution in [2.75, 3.05) is 5.73 Å². The summed E-state index contributed by atoms with van der Waals surface area (Å²) < 4.78 is 14.2. The van der Waals surface area contributed by atoms with E-state index in [1.165, 1.54) is 0 Å². The second-order valence-corrected chi connectivity index (χ2v) is 16.2. The maximum Gasteiger partial charge on any atom is 0.338 e. The predicted octanol–water partition coefficient (Wildman–Crippen LogP) is 7.04. The van der Waals surface area contributed by atoms with Crippen LogP contribution in [0.3, 0.4) is 0 Å². The molecular formula is C37H41N3O4P+. The number of nitrogens with two attached hydrogens (primary N) is 1. The molecule has 45 heavy (non-hydrogen) atoms. The highest BCUT2D eigenvalue weighted by atomic mass is 31.2. The highest BCUT2D eigenvalue weighted by Crippen LogP contribution is 2.67. The Morgan fingerprint density at radius 2 is 1.13 bits per heavy atom. The van der Waals surface area contributed by atoms with Crippen LogP contribution in [0.5, 0.6) is 0 Å². The summed E-state index contributed by atoms with van der Waals surface area (Å²) >= 11 is 0. The summed E-state index contributed by atoms with van der Waals surface area (Å²) in [4.78, 5) is 19.4. The average molecular weight is 623 g/mol. The topological polar surface area (TPSA) is 99.6 Å². The van der Waals surface area contributed by atoms with Gasteiger partial charge in [0.2, 0.25) is 17.3 Å². The van der Waals surface area contributed by atoms with Gasteiger partial charge >= 0.3 is 11.9 Å². The number of imidazole rings is 1. The third-order valence-electron chi connectivity index (χ3n) is 7.18. The first-order valence-electron chi connectivity index (χ1n) is 15.0. The third-order valence-corrected chi connectivity index (χ3v) is 11.6. The molecule has 232 valence electrons. The largest absolute Gasteiger partial charge is 0.478 e. The Morgan fingerprint density at radius 3 is 1.58 bits per heavy atom. The van der Waals surface area contributed by atoms with E-state index in [9.17, 15) is 9.90 Å². The minimum absolute atomic E-state index is 0.111. The molecule has 7 nitrogen and oxygen atoms in total. The Labute approximate surface area is 265 Å². The monoisotopic (exact) mass is 622 g/mol. The minimum Gasteiger partial charge on any atom is -0.478 e. The van der Waals surface area contributed by atoms with Crippen molar-refractivity contribution < 1.29 is 19.4 Å². The zero-order valence-electron chi connectivity index (χ0n) is 26.6. The van der Waals surface area contributed by atoms with Gasteiger partial charge in [-0.05, 0) is 90.1 Å². The predicted molar refractivity (Wildman–Crippen MR) is 185 cm³/mol. The molecule has 0 saturated carbocycles. The summed E-state index contributed by atoms with van der Waals surface area (Å²) in [6.45, 7) is 11.0. The summed E-state index contributed by atoms with van der Waals surface area (Å²) in [7, 11) is -3.12. The molecule has 0 aliphatic rings. The lowest BCUT2D eigenvalue weighted by Gasteiger charge is -2.35. The Morgan fingerprint density at radius 1 is 0.711 bits per heavy atom. The number of rotatable bonds is 8. The first kappa shape index (κ1) is 31.8. The van der Waals surface area contributed by atoms with E-state index in [0.29, 0.717) is 16.3 Å². The van der Waals surface area contributed by atoms with E-state index in [0.717, 1.165) is 15.9 Å². The van der Waals surface area contributed by atoms with E-state index in [4.69, 9.17) is 15.2 Å². The highest BCUT2D eigenvalue weighted by molar-refractivity contribution is 7.99. The van der Waals surface area contributed by atoms with E-state index in [1.807, 2.05) is 157 Å². The molecule has 0 spiro atoms. The number of aromatic nitrogens is 2. The summed E-state index contributed by atoms with van der Waals surface area (Å²) in [6.07, 6.45) is 0. The Kier molecular flexibility index (Phi) is 8.77. The molecule has 3 N–H and O–H groups in total. The molecule has 5 aromatic rings. The van der Waals surface area contributed by atoms with Gasteiger partial charge in [-0.15, -0.1) is 0 Å². The number of esters is 1. The van der Waals surface area contributed by atoms with E-state index >= 15 is 0 Å². The Bertz CT molecular complexity index is 1710. The van der Waals surface area contributed by atoms with Crippen LogP contribution in [-0.4, -0.2) is 31.8 Å². The number of benzene rings is 4. The fraction of sp³-hybridized carbons (Fsp3) is 0.243. The number of hydrogen-bond acceptors (Lipinski definition) is 6. The van der Waals surface area contributed by atoms with Crippen LogP contribution in [0, 0.1) is 0 Å². The molecular weight excluding hydrogens is 581 g/mol. The molecule has 0 aliphatic carbocycles. The average Bonchev–Trinajstić information content (AvgIpc) is 3.32. The van der Waals surface area contributed by atoms with Crippen LogP contribution >= 0.6 is 7.26 Å². The lowest BCUT2D eigenvalue weighted by Crippen LogP contribution is -2.40. The van der Waals surface area contributed by atoms with Crippen molar-refractivity contribution in [3.63, 3.8) is 0 Å². The van der Waals surface area contributed by atoms with Gasteiger partial charge in [0.25, 0.3) is 0 Å². The number of hydrogen-bond donors (Lipinski definition) is 2. The molecule has 0 aliphatic heterocycles. The smallest absolute Gasteiger partial charge is 0.338 e. The molecule has 0 bridgehead atoms. The fourth-order valence-electron chi connectivity index (χ4n) is 5.64. The SMILES string of the molecule is CC(C)(C)OC(=O)C(/C(=C(\O)OC(C)(C)C)[P+](c1ccccc1)(c1ccccc1)c1ccccc1)n1c(N)nc2ccccc21. The van der Waals surface area contributed by atoms with Crippen molar-refractivity contribution in [1.29, 1.82) is 0 Å². The van der Waals surface area contributed by atoms with Gasteiger partial charge in [0.15, 0.2) is 7.26 Å². The highest BCUT2D eigenvalue weighted by Gasteiger charge is 2.58. The van der Waals surface area contributed by atoms with Crippen LogP contribution in [0.15, 0.2) is 127 Å². The molecule has 5 rings (SSSR count). The van der Waals surface area contributed by atoms with Gasteiger partial charge in [-0.3, -0.25) is 4.57 Å². The van der Waals surface area contributed by atoms with E-state index < -0.39 is 30.5 Å². The van der Waals surface area contributed by atoms with Crippen molar-refractivity contribution in [2.45, 2.75) is 58.8 Å². The summed E-state index contributed by atoms with van der Waals surface area (Å²) in [6, 6.07) is 36.1. The van der Waals surface area contributed by atoms with Gasteiger partial charge in [-0.25, -0.2) is 9.78 Å². The second kappa shape index (κ2) is 12.4. The fourth-order valence-corrected chi connectivity index (χ4v) is 10.1. The van der Waals surface area contributed by atoms with Crippen molar-refractivity contribution >= 4 is 46.1 Å². The number of fused-ring (bicyclic) bond motifs is 1. The summed E-state index contributed by atoms with van der Waals surface area (Å²) in [5.74, 6) is -0.843. The first-order chi connectivity index (χ1) is 21.3. The molecule has 1 atom stereocenters. The van der Waals surface area contributed by atoms with Crippen LogP contribution in [0.25, 0.3) is 11.0 Å². The number of ether oxygens (including phenoxy) is 2. The normalized spacial score (nSPS) is 13.6. The number of nitrogens with zero attached hydrogens (tertiary/aromatic N) is 2. The minimum atomic E-state index is -3.12. The Hall–Kier alpha value is -4.61. The van der Waals surface area contributed by atoms with Crippen molar-refractivity contribution in [1.82, 2.24) is 9.55 Å². The number of carbonyl (C=O) groups is 1. The third kappa shape index (κ3) is 6.45. The molecule has 8 heteroatoms. The number of aliphatic hydroxyl groups is 1. The van der Waals surface area contributed by atoms with Crippen molar-refractivity contribution in [3.05, 3.63) is 127 Å². The number of nitrogen functional groups attached to an aromatic ring is 1. The number of aliphatic hydroxyl groups excluding tert-OH is 1.